The molecule has 2 aromatic carbocycles. The third-order valence-corrected chi connectivity index (χ3v) is 8.55. The highest BCUT2D eigenvalue weighted by Crippen LogP contribution is 2.42. The molecule has 0 amide bonds. The molecule has 2 fully saturated rings. The highest BCUT2D eigenvalue weighted by atomic mass is 19.1. The molecule has 0 saturated heterocycles. The van der Waals surface area contributed by atoms with Gasteiger partial charge in [-0.05, 0) is 98.3 Å². The summed E-state index contributed by atoms with van der Waals surface area (Å²) in [5.74, 6) is 3.88. The van der Waals surface area contributed by atoms with Gasteiger partial charge in [0, 0.05) is 5.39 Å². The highest BCUT2D eigenvalue weighted by molar-refractivity contribution is 5.85. The van der Waals surface area contributed by atoms with E-state index in [9.17, 15) is 0 Å². The standard InChI is InChI=1S/C32H43FO/c1-3-5-7-24-8-10-25(11-9-24)12-13-26-14-16-27(17-15-26)30-20-18-28-23-29(34-22-6-4-2)19-21-31(28)32(30)33/h3-4,6,18-21,23-27H,1,5,7-17,22H2,2H3. The van der Waals surface area contributed by atoms with Gasteiger partial charge in [-0.25, -0.2) is 4.39 Å². The molecule has 184 valence electrons. The van der Waals surface area contributed by atoms with Crippen molar-refractivity contribution in [3.8, 4) is 5.75 Å². The van der Waals surface area contributed by atoms with Gasteiger partial charge < -0.3 is 4.74 Å². The summed E-state index contributed by atoms with van der Waals surface area (Å²) in [6, 6.07) is 9.84. The maximum absolute atomic E-state index is 15.4. The van der Waals surface area contributed by atoms with Crippen LogP contribution in [0.25, 0.3) is 10.8 Å². The molecule has 0 N–H and O–H groups in total. The van der Waals surface area contributed by atoms with Gasteiger partial charge in [-0.15, -0.1) is 6.58 Å². The van der Waals surface area contributed by atoms with Crippen LogP contribution in [-0.2, 0) is 0 Å². The van der Waals surface area contributed by atoms with Crippen molar-refractivity contribution in [1.82, 2.24) is 0 Å². The summed E-state index contributed by atoms with van der Waals surface area (Å²) < 4.78 is 21.2. The number of hydrogen-bond acceptors (Lipinski definition) is 1. The maximum Gasteiger partial charge on any atom is 0.134 e. The first kappa shape index (κ1) is 25.0. The zero-order chi connectivity index (χ0) is 23.8. The molecule has 0 radical (unpaired) electrons. The van der Waals surface area contributed by atoms with Gasteiger partial charge >= 0.3 is 0 Å². The van der Waals surface area contributed by atoms with Crippen LogP contribution < -0.4 is 4.74 Å². The monoisotopic (exact) mass is 462 g/mol. The van der Waals surface area contributed by atoms with E-state index in [4.69, 9.17) is 4.74 Å². The molecule has 4 rings (SSSR count). The van der Waals surface area contributed by atoms with E-state index in [1.54, 1.807) is 0 Å². The molecule has 0 heterocycles. The molecule has 0 aromatic heterocycles. The van der Waals surface area contributed by atoms with Crippen molar-refractivity contribution in [2.75, 3.05) is 6.61 Å². The summed E-state index contributed by atoms with van der Waals surface area (Å²) in [6.45, 7) is 6.39. The highest BCUT2D eigenvalue weighted by Gasteiger charge is 2.27. The fourth-order valence-electron chi connectivity index (χ4n) is 6.33. The molecule has 34 heavy (non-hydrogen) atoms. The molecule has 2 saturated carbocycles. The Morgan fingerprint density at radius 3 is 2.18 bits per heavy atom. The maximum atomic E-state index is 15.4. The lowest BCUT2D eigenvalue weighted by Gasteiger charge is -2.32. The second kappa shape index (κ2) is 12.6. The molecule has 2 aromatic rings. The number of rotatable bonds is 10. The fourth-order valence-corrected chi connectivity index (χ4v) is 6.33. The Balaban J connectivity index is 1.26. The van der Waals surface area contributed by atoms with Crippen LogP contribution in [-0.4, -0.2) is 6.61 Å². The van der Waals surface area contributed by atoms with Crippen LogP contribution >= 0.6 is 0 Å². The normalized spacial score (nSPS) is 25.6. The molecule has 0 unspecified atom stereocenters. The largest absolute Gasteiger partial charge is 0.490 e. The smallest absolute Gasteiger partial charge is 0.134 e. The fraction of sp³-hybridized carbons (Fsp3) is 0.562. The van der Waals surface area contributed by atoms with E-state index in [2.05, 4.69) is 18.7 Å². The molecule has 0 atom stereocenters. The van der Waals surface area contributed by atoms with Crippen LogP contribution in [0.5, 0.6) is 5.75 Å². The molecule has 2 aliphatic rings. The molecule has 2 aliphatic carbocycles. The topological polar surface area (TPSA) is 9.23 Å². The lowest BCUT2D eigenvalue weighted by Crippen LogP contribution is -2.18. The van der Waals surface area contributed by atoms with E-state index in [0.717, 1.165) is 52.7 Å². The number of benzene rings is 2. The van der Waals surface area contributed by atoms with Gasteiger partial charge in [-0.1, -0.05) is 68.9 Å². The third kappa shape index (κ3) is 6.52. The number of ether oxygens (including phenoxy) is 1. The van der Waals surface area contributed by atoms with Crippen LogP contribution in [0.1, 0.15) is 95.5 Å². The van der Waals surface area contributed by atoms with Crippen LogP contribution in [0.4, 0.5) is 4.39 Å². The van der Waals surface area contributed by atoms with E-state index < -0.39 is 0 Å². The van der Waals surface area contributed by atoms with Crippen LogP contribution in [0.15, 0.2) is 55.1 Å². The van der Waals surface area contributed by atoms with Crippen LogP contribution in [0.2, 0.25) is 0 Å². The third-order valence-electron chi connectivity index (χ3n) is 8.55. The Morgan fingerprint density at radius 1 is 0.882 bits per heavy atom. The van der Waals surface area contributed by atoms with Crippen molar-refractivity contribution >= 4 is 10.8 Å². The van der Waals surface area contributed by atoms with Gasteiger partial charge in [0.25, 0.3) is 0 Å². The summed E-state index contributed by atoms with van der Waals surface area (Å²) in [5.41, 5.74) is 0.923. The van der Waals surface area contributed by atoms with Crippen molar-refractivity contribution in [2.24, 2.45) is 17.8 Å². The van der Waals surface area contributed by atoms with Crippen molar-refractivity contribution < 1.29 is 9.13 Å². The van der Waals surface area contributed by atoms with E-state index in [1.807, 2.05) is 43.3 Å². The Morgan fingerprint density at radius 2 is 1.53 bits per heavy atom. The van der Waals surface area contributed by atoms with E-state index in [0.29, 0.717) is 12.5 Å². The number of allylic oxidation sites excluding steroid dienone is 2. The minimum absolute atomic E-state index is 0.0193. The SMILES string of the molecule is C=CCCC1CCC(CCC2CCC(c3ccc4cc(OCC=CC)ccc4c3F)CC2)CC1. The predicted molar refractivity (Wildman–Crippen MR) is 143 cm³/mol. The zero-order valence-electron chi connectivity index (χ0n) is 21.1. The molecule has 2 heteroatoms. The minimum atomic E-state index is -0.0193. The Labute approximate surface area is 206 Å². The van der Waals surface area contributed by atoms with Gasteiger partial charge in [-0.2, -0.15) is 0 Å². The lowest BCUT2D eigenvalue weighted by atomic mass is 9.73. The quantitative estimate of drug-likeness (QED) is 0.319. The summed E-state index contributed by atoms with van der Waals surface area (Å²) in [5, 5.41) is 1.65. The summed E-state index contributed by atoms with van der Waals surface area (Å²) >= 11 is 0. The minimum Gasteiger partial charge on any atom is -0.490 e. The number of halogens is 1. The van der Waals surface area contributed by atoms with Gasteiger partial charge in [0.15, 0.2) is 0 Å². The van der Waals surface area contributed by atoms with Gasteiger partial charge in [0.2, 0.25) is 0 Å². The Hall–Kier alpha value is -2.09. The van der Waals surface area contributed by atoms with E-state index in [-0.39, 0.29) is 5.82 Å². The molecular formula is C32H43FO. The Bertz CT molecular complexity index is 945. The summed E-state index contributed by atoms with van der Waals surface area (Å²) in [4.78, 5) is 0. The summed E-state index contributed by atoms with van der Waals surface area (Å²) in [6.07, 6.45) is 21.8. The van der Waals surface area contributed by atoms with Crippen molar-refractivity contribution in [1.29, 1.82) is 0 Å². The Kier molecular flexibility index (Phi) is 9.25. The van der Waals surface area contributed by atoms with Crippen LogP contribution in [0.3, 0.4) is 0 Å². The molecule has 0 bridgehead atoms. The average molecular weight is 463 g/mol. The van der Waals surface area contributed by atoms with E-state index >= 15 is 4.39 Å². The zero-order valence-corrected chi connectivity index (χ0v) is 21.1. The van der Waals surface area contributed by atoms with Gasteiger partial charge in [0.05, 0.1) is 0 Å². The van der Waals surface area contributed by atoms with Crippen molar-refractivity contribution in [2.45, 2.75) is 89.9 Å². The van der Waals surface area contributed by atoms with Crippen molar-refractivity contribution in [3.63, 3.8) is 0 Å². The molecular weight excluding hydrogens is 419 g/mol. The van der Waals surface area contributed by atoms with Gasteiger partial charge in [0.1, 0.15) is 18.2 Å². The van der Waals surface area contributed by atoms with Crippen molar-refractivity contribution in [3.05, 3.63) is 66.5 Å². The molecule has 0 aliphatic heterocycles. The number of hydrogen-bond donors (Lipinski definition) is 0. The second-order valence-corrected chi connectivity index (χ2v) is 10.8. The predicted octanol–water partition coefficient (Wildman–Crippen LogP) is 9.76. The average Bonchev–Trinajstić information content (AvgIpc) is 2.88. The second-order valence-electron chi connectivity index (χ2n) is 10.8. The van der Waals surface area contributed by atoms with E-state index in [1.165, 1.54) is 64.2 Å². The molecule has 1 nitrogen and oxygen atoms in total. The first-order chi connectivity index (χ1) is 16.7. The first-order valence-electron chi connectivity index (χ1n) is 13.7. The van der Waals surface area contributed by atoms with Crippen LogP contribution in [0, 0.1) is 23.6 Å². The number of fused-ring (bicyclic) bond motifs is 1. The lowest BCUT2D eigenvalue weighted by molar-refractivity contribution is 0.225. The molecule has 0 spiro atoms. The summed E-state index contributed by atoms with van der Waals surface area (Å²) in [7, 11) is 0. The van der Waals surface area contributed by atoms with Gasteiger partial charge in [-0.3, -0.25) is 0 Å². The first-order valence-corrected chi connectivity index (χ1v) is 13.7.